The topological polar surface area (TPSA) is 95.5 Å². The van der Waals surface area contributed by atoms with Crippen molar-refractivity contribution in [2.45, 2.75) is 6.61 Å². The van der Waals surface area contributed by atoms with Crippen molar-refractivity contribution in [3.63, 3.8) is 0 Å². The minimum atomic E-state index is -0.771. The summed E-state index contributed by atoms with van der Waals surface area (Å²) in [4.78, 5) is 25.9. The Morgan fingerprint density at radius 3 is 2.74 bits per heavy atom. The zero-order valence-corrected chi connectivity index (χ0v) is 12.5. The van der Waals surface area contributed by atoms with Crippen LogP contribution in [0.15, 0.2) is 52.3 Å². The Balaban J connectivity index is 1.63. The zero-order chi connectivity index (χ0) is 16.2. The number of ether oxygens (including phenoxy) is 1. The Morgan fingerprint density at radius 2 is 2.04 bits per heavy atom. The summed E-state index contributed by atoms with van der Waals surface area (Å²) in [5.74, 6) is -1.49. The van der Waals surface area contributed by atoms with Gasteiger partial charge in [0.15, 0.2) is 0 Å². The third-order valence-electron chi connectivity index (χ3n) is 2.90. The van der Waals surface area contributed by atoms with Crippen molar-refractivity contribution in [3.05, 3.63) is 69.4 Å². The molecule has 0 bridgehead atoms. The van der Waals surface area contributed by atoms with Crippen LogP contribution in [-0.2, 0) is 11.3 Å². The number of rotatable bonds is 5. The zero-order valence-electron chi connectivity index (χ0n) is 11.7. The van der Waals surface area contributed by atoms with Gasteiger partial charge in [0, 0.05) is 10.9 Å². The van der Waals surface area contributed by atoms with Gasteiger partial charge >= 0.3 is 11.9 Å². The van der Waals surface area contributed by atoms with Crippen LogP contribution in [-0.4, -0.2) is 15.9 Å². The number of benzene rings is 1. The van der Waals surface area contributed by atoms with E-state index >= 15 is 0 Å². The van der Waals surface area contributed by atoms with Crippen LogP contribution in [0.25, 0.3) is 10.6 Å². The minimum absolute atomic E-state index is 0.0311. The molecule has 0 spiro atoms. The summed E-state index contributed by atoms with van der Waals surface area (Å²) in [6, 6.07) is 11.9. The second-order valence-electron chi connectivity index (χ2n) is 4.48. The van der Waals surface area contributed by atoms with E-state index in [4.69, 9.17) is 9.15 Å². The van der Waals surface area contributed by atoms with Crippen LogP contribution in [0.3, 0.4) is 0 Å². The summed E-state index contributed by atoms with van der Waals surface area (Å²) in [6.45, 7) is -0.0311. The summed E-state index contributed by atoms with van der Waals surface area (Å²) in [6.07, 6.45) is 0. The Kier molecular flexibility index (Phi) is 4.15. The van der Waals surface area contributed by atoms with Crippen molar-refractivity contribution in [3.8, 4) is 10.6 Å². The Hall–Kier alpha value is -3.00. The number of aromatic nitrogens is 1. The normalized spacial score (nSPS) is 10.4. The Labute approximate surface area is 134 Å². The van der Waals surface area contributed by atoms with Crippen molar-refractivity contribution in [1.82, 2.24) is 4.98 Å². The first kappa shape index (κ1) is 14.9. The summed E-state index contributed by atoms with van der Waals surface area (Å²) in [5, 5.41) is 13.1. The SMILES string of the molecule is O=C(OCc1csc(-c2ccccc2)n1)c1ccc([N+](=O)[O-])o1. The molecule has 3 rings (SSSR count). The predicted octanol–water partition coefficient (Wildman–Crippen LogP) is 3.67. The maximum absolute atomic E-state index is 11.8. The largest absolute Gasteiger partial charge is 0.453 e. The lowest BCUT2D eigenvalue weighted by Crippen LogP contribution is -2.04. The Bertz CT molecular complexity index is 840. The average molecular weight is 330 g/mol. The van der Waals surface area contributed by atoms with Crippen LogP contribution >= 0.6 is 11.3 Å². The summed E-state index contributed by atoms with van der Waals surface area (Å²) in [7, 11) is 0. The van der Waals surface area contributed by atoms with Gasteiger partial charge in [0.1, 0.15) is 16.5 Å². The minimum Gasteiger partial charge on any atom is -0.453 e. The number of hydrogen-bond donors (Lipinski definition) is 0. The molecule has 0 unspecified atom stereocenters. The van der Waals surface area contributed by atoms with Crippen molar-refractivity contribution >= 4 is 23.2 Å². The highest BCUT2D eigenvalue weighted by molar-refractivity contribution is 7.13. The number of hydrogen-bond acceptors (Lipinski definition) is 7. The number of nitro groups is 1. The van der Waals surface area contributed by atoms with Gasteiger partial charge in [-0.3, -0.25) is 10.1 Å². The monoisotopic (exact) mass is 330 g/mol. The van der Waals surface area contributed by atoms with E-state index in [0.717, 1.165) is 16.6 Å². The lowest BCUT2D eigenvalue weighted by Gasteiger charge is -1.99. The van der Waals surface area contributed by atoms with Crippen molar-refractivity contribution in [2.75, 3.05) is 0 Å². The van der Waals surface area contributed by atoms with E-state index in [2.05, 4.69) is 4.98 Å². The van der Waals surface area contributed by atoms with Crippen molar-refractivity contribution in [2.24, 2.45) is 0 Å². The van der Waals surface area contributed by atoms with Gasteiger partial charge in [-0.15, -0.1) is 11.3 Å². The summed E-state index contributed by atoms with van der Waals surface area (Å²) < 4.78 is 9.82. The number of carbonyl (C=O) groups excluding carboxylic acids is 1. The van der Waals surface area contributed by atoms with Gasteiger partial charge in [-0.25, -0.2) is 9.78 Å². The molecule has 8 heteroatoms. The molecule has 0 aliphatic rings. The van der Waals surface area contributed by atoms with E-state index in [9.17, 15) is 14.9 Å². The molecular formula is C15H10N2O5S. The van der Waals surface area contributed by atoms with E-state index < -0.39 is 16.8 Å². The third kappa shape index (κ3) is 3.43. The first-order valence-electron chi connectivity index (χ1n) is 6.54. The molecule has 0 fully saturated rings. The molecule has 3 aromatic rings. The molecule has 116 valence electrons. The number of furan rings is 1. The van der Waals surface area contributed by atoms with Crippen LogP contribution in [0.5, 0.6) is 0 Å². The van der Waals surface area contributed by atoms with E-state index in [0.29, 0.717) is 5.69 Å². The lowest BCUT2D eigenvalue weighted by molar-refractivity contribution is -0.402. The number of nitrogens with zero attached hydrogens (tertiary/aromatic N) is 2. The van der Waals surface area contributed by atoms with E-state index in [1.807, 2.05) is 30.3 Å². The van der Waals surface area contributed by atoms with Crippen LogP contribution in [0, 0.1) is 10.1 Å². The fourth-order valence-electron chi connectivity index (χ4n) is 1.83. The maximum Gasteiger partial charge on any atom is 0.433 e. The second-order valence-corrected chi connectivity index (χ2v) is 5.34. The molecule has 0 atom stereocenters. The summed E-state index contributed by atoms with van der Waals surface area (Å²) >= 11 is 1.44. The second kappa shape index (κ2) is 6.41. The van der Waals surface area contributed by atoms with Crippen molar-refractivity contribution < 1.29 is 18.9 Å². The highest BCUT2D eigenvalue weighted by Crippen LogP contribution is 2.24. The fraction of sp³-hybridized carbons (Fsp3) is 0.0667. The van der Waals surface area contributed by atoms with Gasteiger partial charge in [-0.1, -0.05) is 30.3 Å². The number of thiazole rings is 1. The molecule has 2 aromatic heterocycles. The molecule has 0 N–H and O–H groups in total. The predicted molar refractivity (Wildman–Crippen MR) is 82.0 cm³/mol. The highest BCUT2D eigenvalue weighted by atomic mass is 32.1. The fourth-order valence-corrected chi connectivity index (χ4v) is 2.64. The van der Waals surface area contributed by atoms with E-state index in [1.165, 1.54) is 17.4 Å². The first-order chi connectivity index (χ1) is 11.1. The molecule has 0 aliphatic carbocycles. The van der Waals surface area contributed by atoms with Crippen LogP contribution < -0.4 is 0 Å². The van der Waals surface area contributed by atoms with Gasteiger partial charge in [0.2, 0.25) is 5.76 Å². The van der Waals surface area contributed by atoms with Crippen molar-refractivity contribution in [1.29, 1.82) is 0 Å². The molecule has 0 aliphatic heterocycles. The average Bonchev–Trinajstić information content (AvgIpc) is 3.23. The lowest BCUT2D eigenvalue weighted by atomic mass is 10.2. The highest BCUT2D eigenvalue weighted by Gasteiger charge is 2.18. The molecule has 0 saturated heterocycles. The van der Waals surface area contributed by atoms with Gasteiger partial charge in [0.05, 0.1) is 11.8 Å². The van der Waals surface area contributed by atoms with Gasteiger partial charge < -0.3 is 9.15 Å². The molecular weight excluding hydrogens is 320 g/mol. The van der Waals surface area contributed by atoms with Crippen LogP contribution in [0.1, 0.15) is 16.2 Å². The number of esters is 1. The summed E-state index contributed by atoms with van der Waals surface area (Å²) in [5.41, 5.74) is 1.58. The molecule has 2 heterocycles. The van der Waals surface area contributed by atoms with Crippen LogP contribution in [0.4, 0.5) is 5.88 Å². The molecule has 0 amide bonds. The van der Waals surface area contributed by atoms with E-state index in [-0.39, 0.29) is 12.4 Å². The molecule has 7 nitrogen and oxygen atoms in total. The van der Waals surface area contributed by atoms with Gasteiger partial charge in [-0.05, 0) is 6.07 Å². The molecule has 23 heavy (non-hydrogen) atoms. The van der Waals surface area contributed by atoms with E-state index in [1.54, 1.807) is 5.38 Å². The van der Waals surface area contributed by atoms with Gasteiger partial charge in [0.25, 0.3) is 0 Å². The standard InChI is InChI=1S/C15H10N2O5S/c18-15(12-6-7-13(22-12)17(19)20)21-8-11-9-23-14(16-11)10-4-2-1-3-5-10/h1-7,9H,8H2. The smallest absolute Gasteiger partial charge is 0.433 e. The van der Waals surface area contributed by atoms with Crippen LogP contribution in [0.2, 0.25) is 0 Å². The van der Waals surface area contributed by atoms with Gasteiger partial charge in [-0.2, -0.15) is 0 Å². The molecule has 0 radical (unpaired) electrons. The first-order valence-corrected chi connectivity index (χ1v) is 7.42. The molecule has 1 aromatic carbocycles. The number of carbonyl (C=O) groups is 1. The maximum atomic E-state index is 11.8. The quantitative estimate of drug-likeness (QED) is 0.402. The Morgan fingerprint density at radius 1 is 1.26 bits per heavy atom. The third-order valence-corrected chi connectivity index (χ3v) is 3.84. The molecule has 0 saturated carbocycles.